The van der Waals surface area contributed by atoms with Crippen LogP contribution in [0, 0.1) is 0 Å². The number of nitrogens with zero attached hydrogens (tertiary/aromatic N) is 1. The quantitative estimate of drug-likeness (QED) is 0.694. The lowest BCUT2D eigenvalue weighted by Crippen LogP contribution is -2.92. The van der Waals surface area contributed by atoms with E-state index < -0.39 is 0 Å². The molecule has 0 aliphatic heterocycles. The van der Waals surface area contributed by atoms with Gasteiger partial charge in [-0.3, -0.25) is 4.98 Å². The standard InChI is InChI=1S/C10H16N2/c1-10(2,3)12-8-9-5-4-6-11-7-9/h4-7,12H,8H2,1-3H3/p+1. The van der Waals surface area contributed by atoms with E-state index in [9.17, 15) is 0 Å². The summed E-state index contributed by atoms with van der Waals surface area (Å²) in [4.78, 5) is 4.07. The van der Waals surface area contributed by atoms with E-state index in [0.717, 1.165) is 6.54 Å². The van der Waals surface area contributed by atoms with Crippen molar-refractivity contribution in [1.82, 2.24) is 4.98 Å². The molecule has 66 valence electrons. The number of hydrogen-bond donors (Lipinski definition) is 1. The minimum atomic E-state index is 0.301. The molecule has 0 saturated heterocycles. The molecule has 0 aromatic carbocycles. The van der Waals surface area contributed by atoms with Crippen LogP contribution >= 0.6 is 0 Å². The molecule has 12 heavy (non-hydrogen) atoms. The Hall–Kier alpha value is -0.890. The molecule has 0 atom stereocenters. The van der Waals surface area contributed by atoms with Crippen LogP contribution in [0.3, 0.4) is 0 Å². The zero-order valence-electron chi connectivity index (χ0n) is 8.04. The van der Waals surface area contributed by atoms with Crippen LogP contribution in [0.2, 0.25) is 0 Å². The van der Waals surface area contributed by atoms with Gasteiger partial charge in [0.1, 0.15) is 6.54 Å². The van der Waals surface area contributed by atoms with Gasteiger partial charge in [-0.05, 0) is 26.8 Å². The van der Waals surface area contributed by atoms with E-state index in [-0.39, 0.29) is 0 Å². The Morgan fingerprint density at radius 3 is 2.67 bits per heavy atom. The van der Waals surface area contributed by atoms with E-state index >= 15 is 0 Å². The van der Waals surface area contributed by atoms with Gasteiger partial charge in [0.05, 0.1) is 5.54 Å². The molecule has 0 bridgehead atoms. The van der Waals surface area contributed by atoms with Crippen molar-refractivity contribution in [2.24, 2.45) is 0 Å². The first-order valence-electron chi connectivity index (χ1n) is 4.31. The summed E-state index contributed by atoms with van der Waals surface area (Å²) in [5, 5.41) is 2.31. The first-order valence-corrected chi connectivity index (χ1v) is 4.31. The molecule has 0 amide bonds. The van der Waals surface area contributed by atoms with E-state index in [1.165, 1.54) is 5.56 Å². The van der Waals surface area contributed by atoms with Crippen LogP contribution in [0.4, 0.5) is 0 Å². The average molecular weight is 165 g/mol. The third-order valence-corrected chi connectivity index (χ3v) is 1.67. The molecule has 2 nitrogen and oxygen atoms in total. The van der Waals surface area contributed by atoms with Gasteiger partial charge in [0.2, 0.25) is 0 Å². The first kappa shape index (κ1) is 9.20. The van der Waals surface area contributed by atoms with Crippen molar-refractivity contribution in [3.63, 3.8) is 0 Å². The van der Waals surface area contributed by atoms with Gasteiger partial charge in [0.25, 0.3) is 0 Å². The highest BCUT2D eigenvalue weighted by Crippen LogP contribution is 1.94. The normalized spacial score (nSPS) is 11.6. The second-order valence-electron chi connectivity index (χ2n) is 4.14. The molecule has 0 unspecified atom stereocenters. The monoisotopic (exact) mass is 165 g/mol. The molecule has 2 heteroatoms. The third-order valence-electron chi connectivity index (χ3n) is 1.67. The topological polar surface area (TPSA) is 29.5 Å². The van der Waals surface area contributed by atoms with E-state index in [1.807, 2.05) is 12.3 Å². The van der Waals surface area contributed by atoms with Gasteiger partial charge < -0.3 is 5.32 Å². The zero-order valence-corrected chi connectivity index (χ0v) is 8.04. The fraction of sp³-hybridized carbons (Fsp3) is 0.500. The highest BCUT2D eigenvalue weighted by molar-refractivity contribution is 5.06. The van der Waals surface area contributed by atoms with Crippen molar-refractivity contribution in [2.75, 3.05) is 0 Å². The van der Waals surface area contributed by atoms with Gasteiger partial charge in [-0.1, -0.05) is 6.07 Å². The molecular formula is C10H17N2+. The fourth-order valence-corrected chi connectivity index (χ4v) is 0.943. The number of nitrogens with two attached hydrogens (primary N) is 1. The molecule has 1 aromatic rings. The predicted molar refractivity (Wildman–Crippen MR) is 49.6 cm³/mol. The van der Waals surface area contributed by atoms with Crippen LogP contribution in [0.15, 0.2) is 24.5 Å². The predicted octanol–water partition coefficient (Wildman–Crippen LogP) is 0.943. The summed E-state index contributed by atoms with van der Waals surface area (Å²) in [6.45, 7) is 7.65. The molecule has 0 fully saturated rings. The van der Waals surface area contributed by atoms with E-state index in [4.69, 9.17) is 0 Å². The lowest BCUT2D eigenvalue weighted by atomic mass is 10.1. The van der Waals surface area contributed by atoms with Crippen LogP contribution < -0.4 is 5.32 Å². The van der Waals surface area contributed by atoms with Crippen molar-refractivity contribution in [1.29, 1.82) is 0 Å². The molecule has 1 rings (SSSR count). The van der Waals surface area contributed by atoms with E-state index in [1.54, 1.807) is 6.20 Å². The van der Waals surface area contributed by atoms with Gasteiger partial charge in [0, 0.05) is 18.0 Å². The molecule has 2 N–H and O–H groups in total. The van der Waals surface area contributed by atoms with Crippen molar-refractivity contribution >= 4 is 0 Å². The Morgan fingerprint density at radius 1 is 1.42 bits per heavy atom. The van der Waals surface area contributed by atoms with Gasteiger partial charge in [0.15, 0.2) is 0 Å². The molecule has 0 aliphatic rings. The lowest BCUT2D eigenvalue weighted by Gasteiger charge is -2.16. The summed E-state index contributed by atoms with van der Waals surface area (Å²) in [6, 6.07) is 4.08. The Balaban J connectivity index is 2.44. The van der Waals surface area contributed by atoms with E-state index in [2.05, 4.69) is 37.1 Å². The number of aromatic nitrogens is 1. The SMILES string of the molecule is CC(C)(C)[NH2+]Cc1cccnc1. The maximum absolute atomic E-state index is 4.07. The minimum absolute atomic E-state index is 0.301. The fourth-order valence-electron chi connectivity index (χ4n) is 0.943. The molecule has 0 spiro atoms. The van der Waals surface area contributed by atoms with Crippen molar-refractivity contribution in [3.05, 3.63) is 30.1 Å². The molecule has 0 saturated carbocycles. The van der Waals surface area contributed by atoms with Gasteiger partial charge in [-0.25, -0.2) is 0 Å². The van der Waals surface area contributed by atoms with Gasteiger partial charge >= 0.3 is 0 Å². The van der Waals surface area contributed by atoms with Crippen LogP contribution in [0.5, 0.6) is 0 Å². The molecular weight excluding hydrogens is 148 g/mol. The lowest BCUT2D eigenvalue weighted by molar-refractivity contribution is -0.731. The summed E-state index contributed by atoms with van der Waals surface area (Å²) in [5.41, 5.74) is 1.59. The highest BCUT2D eigenvalue weighted by atomic mass is 14.9. The average Bonchev–Trinajstić information content (AvgIpc) is 2.02. The zero-order chi connectivity index (χ0) is 9.03. The number of pyridine rings is 1. The van der Waals surface area contributed by atoms with Crippen LogP contribution in [0.25, 0.3) is 0 Å². The smallest absolute Gasteiger partial charge is 0.103 e. The number of quaternary nitrogens is 1. The van der Waals surface area contributed by atoms with E-state index in [0.29, 0.717) is 5.54 Å². The summed E-state index contributed by atoms with van der Waals surface area (Å²) in [5.74, 6) is 0. The highest BCUT2D eigenvalue weighted by Gasteiger charge is 2.12. The minimum Gasteiger partial charge on any atom is -0.338 e. The third kappa shape index (κ3) is 3.49. The van der Waals surface area contributed by atoms with Crippen molar-refractivity contribution in [3.8, 4) is 0 Å². The van der Waals surface area contributed by atoms with Crippen molar-refractivity contribution in [2.45, 2.75) is 32.9 Å². The Labute approximate surface area is 74.0 Å². The van der Waals surface area contributed by atoms with Gasteiger partial charge in [-0.15, -0.1) is 0 Å². The Kier molecular flexibility index (Phi) is 2.82. The first-order chi connectivity index (χ1) is 5.58. The molecule has 1 aromatic heterocycles. The maximum atomic E-state index is 4.07. The van der Waals surface area contributed by atoms with Crippen LogP contribution in [-0.2, 0) is 6.54 Å². The van der Waals surface area contributed by atoms with Crippen molar-refractivity contribution < 1.29 is 5.32 Å². The summed E-state index contributed by atoms with van der Waals surface area (Å²) >= 11 is 0. The van der Waals surface area contributed by atoms with Crippen LogP contribution in [0.1, 0.15) is 26.3 Å². The number of rotatable bonds is 2. The van der Waals surface area contributed by atoms with Gasteiger partial charge in [-0.2, -0.15) is 0 Å². The second-order valence-corrected chi connectivity index (χ2v) is 4.14. The summed E-state index contributed by atoms with van der Waals surface area (Å²) in [7, 11) is 0. The molecule has 1 heterocycles. The Bertz CT molecular complexity index is 223. The maximum Gasteiger partial charge on any atom is 0.103 e. The summed E-state index contributed by atoms with van der Waals surface area (Å²) < 4.78 is 0. The molecule has 0 radical (unpaired) electrons. The Morgan fingerprint density at radius 2 is 2.17 bits per heavy atom. The van der Waals surface area contributed by atoms with Crippen LogP contribution in [-0.4, -0.2) is 10.5 Å². The largest absolute Gasteiger partial charge is 0.338 e. The summed E-state index contributed by atoms with van der Waals surface area (Å²) in [6.07, 6.45) is 3.73. The second kappa shape index (κ2) is 3.68. The molecule has 0 aliphatic carbocycles. The number of hydrogen-bond acceptors (Lipinski definition) is 1.